The molecule has 0 radical (unpaired) electrons. The number of nitrogens with two attached hydrogens (primary N) is 1. The highest BCUT2D eigenvalue weighted by atomic mass is 16.5. The van der Waals surface area contributed by atoms with Crippen molar-refractivity contribution >= 4 is 51.6 Å². The zero-order valence-electron chi connectivity index (χ0n) is 24.9. The number of ether oxygens (including phenoxy) is 2. The first-order valence-corrected chi connectivity index (χ1v) is 14.9. The van der Waals surface area contributed by atoms with Crippen LogP contribution in [0.5, 0.6) is 0 Å². The molecule has 0 aliphatic carbocycles. The monoisotopic (exact) mass is 609 g/mol. The highest BCUT2D eigenvalue weighted by Gasteiger charge is 2.26. The summed E-state index contributed by atoms with van der Waals surface area (Å²) in [7, 11) is 0. The van der Waals surface area contributed by atoms with Gasteiger partial charge < -0.3 is 30.3 Å². The Morgan fingerprint density at radius 3 is 2.71 bits per heavy atom. The molecule has 4 heterocycles. The Balaban J connectivity index is 1.32. The average Bonchev–Trinajstić information content (AvgIpc) is 3.04. The van der Waals surface area contributed by atoms with E-state index in [0.29, 0.717) is 47.9 Å². The number of morpholine rings is 1. The number of rotatable bonds is 7. The minimum Gasteiger partial charge on any atom is -0.444 e. The molecule has 2 atom stereocenters. The van der Waals surface area contributed by atoms with Crippen molar-refractivity contribution in [3.8, 4) is 0 Å². The van der Waals surface area contributed by atoms with Gasteiger partial charge in [-0.25, -0.2) is 9.78 Å². The summed E-state index contributed by atoms with van der Waals surface area (Å²) in [6, 6.07) is 18.2. The van der Waals surface area contributed by atoms with E-state index in [1.807, 2.05) is 36.4 Å². The van der Waals surface area contributed by atoms with Crippen molar-refractivity contribution in [2.75, 3.05) is 53.3 Å². The van der Waals surface area contributed by atoms with Gasteiger partial charge in [0.05, 0.1) is 35.4 Å². The van der Waals surface area contributed by atoms with Gasteiger partial charge in [0.15, 0.2) is 5.69 Å². The second-order valence-electron chi connectivity index (χ2n) is 11.4. The first-order valence-electron chi connectivity index (χ1n) is 14.9. The first kappa shape index (κ1) is 30.0. The van der Waals surface area contributed by atoms with Crippen molar-refractivity contribution in [2.24, 2.45) is 11.7 Å². The number of carbonyl (C=O) groups is 3. The molecule has 4 aromatic rings. The van der Waals surface area contributed by atoms with Crippen LogP contribution in [-0.2, 0) is 20.9 Å². The predicted molar refractivity (Wildman–Crippen MR) is 171 cm³/mol. The maximum atomic E-state index is 13.9. The molecule has 2 saturated heterocycles. The van der Waals surface area contributed by atoms with E-state index < -0.39 is 12.0 Å². The minimum absolute atomic E-state index is 0.00121. The molecule has 0 bridgehead atoms. The van der Waals surface area contributed by atoms with E-state index in [4.69, 9.17) is 15.2 Å². The summed E-state index contributed by atoms with van der Waals surface area (Å²) in [4.78, 5) is 52.0. The third kappa shape index (κ3) is 7.03. The highest BCUT2D eigenvalue weighted by molar-refractivity contribution is 6.11. The number of carbonyl (C=O) groups excluding carboxylic acids is 3. The molecular formula is C33H35N7O5. The molecule has 0 saturated carbocycles. The topological polar surface area (TPSA) is 152 Å². The Hall–Kier alpha value is -5.07. The van der Waals surface area contributed by atoms with Crippen molar-refractivity contribution in [3.63, 3.8) is 0 Å². The van der Waals surface area contributed by atoms with Crippen molar-refractivity contribution < 1.29 is 23.9 Å². The molecular weight excluding hydrogens is 574 g/mol. The predicted octanol–water partition coefficient (Wildman–Crippen LogP) is 4.17. The van der Waals surface area contributed by atoms with Gasteiger partial charge in [0, 0.05) is 42.9 Å². The van der Waals surface area contributed by atoms with Gasteiger partial charge in [-0.05, 0) is 42.2 Å². The van der Waals surface area contributed by atoms with Gasteiger partial charge in [-0.3, -0.25) is 19.9 Å². The number of amides is 3. The van der Waals surface area contributed by atoms with Crippen LogP contribution in [-0.4, -0.2) is 66.8 Å². The summed E-state index contributed by atoms with van der Waals surface area (Å²) < 4.78 is 10.7. The number of aromatic nitrogens is 2. The average molecular weight is 610 g/mol. The molecule has 0 spiro atoms. The summed E-state index contributed by atoms with van der Waals surface area (Å²) in [5.41, 5.74) is 9.69. The number of nitrogens with one attached hydrogen (secondary N) is 2. The number of nitrogens with zero attached hydrogens (tertiary/aromatic N) is 4. The number of benzene rings is 2. The molecule has 12 heteroatoms. The maximum absolute atomic E-state index is 13.9. The summed E-state index contributed by atoms with van der Waals surface area (Å²) in [6.45, 7) is 4.48. The Labute approximate surface area is 260 Å². The maximum Gasteiger partial charge on any atom is 0.412 e. The normalized spacial score (nSPS) is 18.5. The lowest BCUT2D eigenvalue weighted by molar-refractivity contribution is -0.125. The Morgan fingerprint density at radius 2 is 1.91 bits per heavy atom. The fraction of sp³-hybridized carbons (Fsp3) is 0.303. The summed E-state index contributed by atoms with van der Waals surface area (Å²) in [5, 5.41) is 6.32. The zero-order chi connectivity index (χ0) is 31.3. The number of anilines is 4. The Morgan fingerprint density at radius 1 is 1.07 bits per heavy atom. The van der Waals surface area contributed by atoms with Gasteiger partial charge in [-0.15, -0.1) is 0 Å². The fourth-order valence-corrected chi connectivity index (χ4v) is 5.79. The molecule has 4 N–H and O–H groups in total. The van der Waals surface area contributed by atoms with Crippen LogP contribution in [0.1, 0.15) is 29.4 Å². The smallest absolute Gasteiger partial charge is 0.412 e. The molecule has 6 rings (SSSR count). The number of fused-ring (bicyclic) bond motifs is 1. The number of hydrogen-bond acceptors (Lipinski definition) is 9. The SMILES string of the molecule is C[C@@H]1CC(N)CN(c2ccncc2NC(=O)c2nc3cc(N4CCOCC4=O)ccc3cc2NC(=O)OCc2ccccc2)C1. The molecule has 232 valence electrons. The van der Waals surface area contributed by atoms with Crippen LogP contribution in [0.15, 0.2) is 73.1 Å². The highest BCUT2D eigenvalue weighted by Crippen LogP contribution is 2.31. The lowest BCUT2D eigenvalue weighted by Gasteiger charge is -2.37. The van der Waals surface area contributed by atoms with Gasteiger partial charge >= 0.3 is 6.09 Å². The van der Waals surface area contributed by atoms with Gasteiger partial charge in [0.2, 0.25) is 0 Å². The van der Waals surface area contributed by atoms with Crippen LogP contribution in [0.25, 0.3) is 10.9 Å². The van der Waals surface area contributed by atoms with Crippen LogP contribution in [0.3, 0.4) is 0 Å². The van der Waals surface area contributed by atoms with Gasteiger partial charge in [0.1, 0.15) is 13.2 Å². The fourth-order valence-electron chi connectivity index (χ4n) is 5.79. The molecule has 2 aliphatic heterocycles. The molecule has 1 unspecified atom stereocenters. The van der Waals surface area contributed by atoms with Crippen LogP contribution in [0, 0.1) is 5.92 Å². The van der Waals surface area contributed by atoms with Crippen LogP contribution in [0.2, 0.25) is 0 Å². The Kier molecular flexibility index (Phi) is 8.85. The van der Waals surface area contributed by atoms with E-state index in [1.54, 1.807) is 41.6 Å². The van der Waals surface area contributed by atoms with E-state index in [2.05, 4.69) is 32.4 Å². The summed E-state index contributed by atoms with van der Waals surface area (Å²) >= 11 is 0. The molecule has 45 heavy (non-hydrogen) atoms. The number of piperidine rings is 1. The first-order chi connectivity index (χ1) is 21.8. The quantitative estimate of drug-likeness (QED) is 0.280. The lowest BCUT2D eigenvalue weighted by Crippen LogP contribution is -2.46. The van der Waals surface area contributed by atoms with Crippen molar-refractivity contribution in [1.82, 2.24) is 9.97 Å². The van der Waals surface area contributed by atoms with Crippen LogP contribution < -0.4 is 26.2 Å². The lowest BCUT2D eigenvalue weighted by atomic mass is 9.96. The van der Waals surface area contributed by atoms with E-state index in [-0.39, 0.29) is 36.5 Å². The molecule has 2 aliphatic rings. The molecule has 12 nitrogen and oxygen atoms in total. The van der Waals surface area contributed by atoms with Gasteiger partial charge in [-0.1, -0.05) is 43.3 Å². The van der Waals surface area contributed by atoms with E-state index in [0.717, 1.165) is 24.2 Å². The van der Waals surface area contributed by atoms with E-state index in [9.17, 15) is 14.4 Å². The summed E-state index contributed by atoms with van der Waals surface area (Å²) in [6.07, 6.45) is 3.46. The van der Waals surface area contributed by atoms with Gasteiger partial charge in [0.25, 0.3) is 11.8 Å². The number of pyridine rings is 2. The van der Waals surface area contributed by atoms with Crippen LogP contribution in [0.4, 0.5) is 27.5 Å². The molecule has 2 aromatic heterocycles. The third-order valence-electron chi connectivity index (χ3n) is 7.84. The van der Waals surface area contributed by atoms with Gasteiger partial charge in [-0.2, -0.15) is 0 Å². The number of hydrogen-bond donors (Lipinski definition) is 3. The summed E-state index contributed by atoms with van der Waals surface area (Å²) in [5.74, 6) is -0.321. The second-order valence-corrected chi connectivity index (χ2v) is 11.4. The van der Waals surface area contributed by atoms with E-state index >= 15 is 0 Å². The second kappa shape index (κ2) is 13.3. The largest absolute Gasteiger partial charge is 0.444 e. The molecule has 3 amide bonds. The minimum atomic E-state index is -0.733. The molecule has 2 fully saturated rings. The molecule has 2 aromatic carbocycles. The van der Waals surface area contributed by atoms with Crippen LogP contribution >= 0.6 is 0 Å². The standard InChI is InChI=1S/C33H35N7O5/c1-21-13-24(34)18-39(17-21)29-9-10-35-16-28(29)37-32(42)31-27(38-33(43)45-19-22-5-3-2-4-6-22)14-23-7-8-25(15-26(23)36-31)40-11-12-44-20-30(40)41/h2-10,14-16,21,24H,11-13,17-20,34H2,1H3,(H,37,42)(H,38,43)/t21-,24?/m1/s1. The third-order valence-corrected chi connectivity index (χ3v) is 7.84. The van der Waals surface area contributed by atoms with Crippen molar-refractivity contribution in [2.45, 2.75) is 26.0 Å². The van der Waals surface area contributed by atoms with Crippen molar-refractivity contribution in [1.29, 1.82) is 0 Å². The zero-order valence-corrected chi connectivity index (χ0v) is 24.9. The van der Waals surface area contributed by atoms with Crippen molar-refractivity contribution in [3.05, 3.63) is 84.3 Å². The Bertz CT molecular complexity index is 1710. The van der Waals surface area contributed by atoms with E-state index in [1.165, 1.54) is 0 Å².